The minimum absolute atomic E-state index is 0.0923. The van der Waals surface area contributed by atoms with Crippen LogP contribution in [0.2, 0.25) is 0 Å². The number of carbonyl (C=O) groups excluding carboxylic acids is 1. The van der Waals surface area contributed by atoms with Gasteiger partial charge in [-0.25, -0.2) is 0 Å². The van der Waals surface area contributed by atoms with E-state index in [1.54, 1.807) is 42.5 Å². The fraction of sp³-hybridized carbons (Fsp3) is 0.0556. The van der Waals surface area contributed by atoms with Gasteiger partial charge in [0.25, 0.3) is 0 Å². The van der Waals surface area contributed by atoms with E-state index in [9.17, 15) is 9.90 Å². The Hall–Kier alpha value is -3.21. The number of benzene rings is 2. The van der Waals surface area contributed by atoms with Crippen molar-refractivity contribution in [2.24, 2.45) is 0 Å². The van der Waals surface area contributed by atoms with Crippen LogP contribution in [0.4, 0.5) is 11.4 Å². The standard InChI is InChI=1S/C18H18N2O3/c1-2-10-23-17-8-6-13(11-16(17)19)7-9-18(22)20-14-4-3-5-15(21)12-14/h2-9,11-12,21H,1,10,19H2,(H,20,22)/b9-7-. The average molecular weight is 310 g/mol. The molecule has 5 heteroatoms. The Labute approximate surface area is 134 Å². The molecular formula is C18H18N2O3. The van der Waals surface area contributed by atoms with Crippen molar-refractivity contribution in [2.75, 3.05) is 17.7 Å². The van der Waals surface area contributed by atoms with E-state index in [4.69, 9.17) is 10.5 Å². The zero-order valence-corrected chi connectivity index (χ0v) is 12.5. The van der Waals surface area contributed by atoms with Crippen molar-refractivity contribution in [3.05, 3.63) is 66.8 Å². The first-order chi connectivity index (χ1) is 11.1. The van der Waals surface area contributed by atoms with Crippen molar-refractivity contribution in [2.45, 2.75) is 0 Å². The quantitative estimate of drug-likeness (QED) is 0.434. The van der Waals surface area contributed by atoms with Gasteiger partial charge in [-0.15, -0.1) is 0 Å². The number of amides is 1. The summed E-state index contributed by atoms with van der Waals surface area (Å²) in [5, 5.41) is 12.0. The van der Waals surface area contributed by atoms with Crippen LogP contribution in [0.5, 0.6) is 11.5 Å². The molecule has 0 spiro atoms. The zero-order chi connectivity index (χ0) is 16.7. The van der Waals surface area contributed by atoms with Crippen LogP contribution in [0.25, 0.3) is 6.08 Å². The number of rotatable bonds is 6. The van der Waals surface area contributed by atoms with Gasteiger partial charge in [0, 0.05) is 17.8 Å². The number of carbonyl (C=O) groups is 1. The predicted octanol–water partition coefficient (Wildman–Crippen LogP) is 3.19. The third-order valence-corrected chi connectivity index (χ3v) is 2.93. The molecule has 23 heavy (non-hydrogen) atoms. The number of anilines is 2. The van der Waals surface area contributed by atoms with Gasteiger partial charge in [-0.3, -0.25) is 4.79 Å². The van der Waals surface area contributed by atoms with E-state index < -0.39 is 0 Å². The first kappa shape index (κ1) is 16.2. The molecule has 0 aromatic heterocycles. The molecule has 0 aliphatic heterocycles. The lowest BCUT2D eigenvalue weighted by Gasteiger charge is -2.07. The molecule has 2 rings (SSSR count). The first-order valence-electron chi connectivity index (χ1n) is 7.00. The summed E-state index contributed by atoms with van der Waals surface area (Å²) in [4.78, 5) is 11.8. The minimum Gasteiger partial charge on any atom is -0.508 e. The summed E-state index contributed by atoms with van der Waals surface area (Å²) in [5.41, 5.74) is 7.67. The molecule has 0 aliphatic carbocycles. The summed E-state index contributed by atoms with van der Waals surface area (Å²) >= 11 is 0. The van der Waals surface area contributed by atoms with Gasteiger partial charge in [-0.2, -0.15) is 0 Å². The number of phenolic OH excluding ortho intramolecular Hbond substituents is 1. The number of aromatic hydroxyl groups is 1. The fourth-order valence-electron chi connectivity index (χ4n) is 1.89. The molecule has 0 fully saturated rings. The molecule has 0 radical (unpaired) electrons. The number of hydrogen-bond donors (Lipinski definition) is 3. The minimum atomic E-state index is -0.304. The summed E-state index contributed by atoms with van der Waals surface area (Å²) in [6.07, 6.45) is 4.67. The van der Waals surface area contributed by atoms with E-state index in [-0.39, 0.29) is 11.7 Å². The Bertz CT molecular complexity index is 739. The highest BCUT2D eigenvalue weighted by Gasteiger charge is 2.01. The lowest BCUT2D eigenvalue weighted by molar-refractivity contribution is -0.111. The van der Waals surface area contributed by atoms with Gasteiger partial charge >= 0.3 is 0 Å². The van der Waals surface area contributed by atoms with Crippen LogP contribution < -0.4 is 15.8 Å². The summed E-state index contributed by atoms with van der Waals surface area (Å²) in [6, 6.07) is 11.6. The molecule has 2 aromatic carbocycles. The number of phenols is 1. The molecule has 118 valence electrons. The van der Waals surface area contributed by atoms with Crippen molar-refractivity contribution < 1.29 is 14.6 Å². The van der Waals surface area contributed by atoms with Crippen LogP contribution in [0.1, 0.15) is 5.56 Å². The Morgan fingerprint density at radius 2 is 2.13 bits per heavy atom. The normalized spacial score (nSPS) is 10.4. The van der Waals surface area contributed by atoms with E-state index >= 15 is 0 Å². The topological polar surface area (TPSA) is 84.6 Å². The number of hydrogen-bond acceptors (Lipinski definition) is 4. The highest BCUT2D eigenvalue weighted by molar-refractivity contribution is 6.02. The van der Waals surface area contributed by atoms with Crippen molar-refractivity contribution in [1.82, 2.24) is 0 Å². The van der Waals surface area contributed by atoms with Gasteiger partial charge in [0.1, 0.15) is 18.1 Å². The molecular weight excluding hydrogens is 292 g/mol. The molecule has 4 N–H and O–H groups in total. The van der Waals surface area contributed by atoms with Crippen molar-refractivity contribution in [3.63, 3.8) is 0 Å². The molecule has 5 nitrogen and oxygen atoms in total. The van der Waals surface area contributed by atoms with Crippen LogP contribution in [0.3, 0.4) is 0 Å². The van der Waals surface area contributed by atoms with E-state index in [0.717, 1.165) is 5.56 Å². The van der Waals surface area contributed by atoms with Gasteiger partial charge in [0.15, 0.2) is 0 Å². The molecule has 0 unspecified atom stereocenters. The van der Waals surface area contributed by atoms with Gasteiger partial charge in [-0.1, -0.05) is 24.8 Å². The molecule has 0 atom stereocenters. The Kier molecular flexibility index (Phi) is 5.41. The van der Waals surface area contributed by atoms with E-state index in [1.165, 1.54) is 18.2 Å². The summed E-state index contributed by atoms with van der Waals surface area (Å²) in [5.74, 6) is 0.363. The average Bonchev–Trinajstić information content (AvgIpc) is 2.52. The Morgan fingerprint density at radius 1 is 1.30 bits per heavy atom. The van der Waals surface area contributed by atoms with E-state index in [1.807, 2.05) is 0 Å². The van der Waals surface area contributed by atoms with E-state index in [2.05, 4.69) is 11.9 Å². The van der Waals surface area contributed by atoms with Crippen LogP contribution in [0.15, 0.2) is 61.2 Å². The van der Waals surface area contributed by atoms with Crippen LogP contribution in [-0.2, 0) is 4.79 Å². The second-order valence-electron chi connectivity index (χ2n) is 4.77. The number of ether oxygens (including phenoxy) is 1. The molecule has 0 saturated carbocycles. The van der Waals surface area contributed by atoms with Crippen LogP contribution in [-0.4, -0.2) is 17.6 Å². The van der Waals surface area contributed by atoms with Gasteiger partial charge in [0.2, 0.25) is 5.91 Å². The Balaban J connectivity index is 2.00. The highest BCUT2D eigenvalue weighted by Crippen LogP contribution is 2.23. The SMILES string of the molecule is C=CCOc1ccc(/C=C\C(=O)Nc2cccc(O)c2)cc1N. The molecule has 0 aliphatic rings. The lowest BCUT2D eigenvalue weighted by Crippen LogP contribution is -2.07. The maximum atomic E-state index is 11.8. The van der Waals surface area contributed by atoms with E-state index in [0.29, 0.717) is 23.7 Å². The number of nitrogen functional groups attached to an aromatic ring is 1. The summed E-state index contributed by atoms with van der Waals surface area (Å²) in [7, 11) is 0. The maximum Gasteiger partial charge on any atom is 0.248 e. The third kappa shape index (κ3) is 4.93. The fourth-order valence-corrected chi connectivity index (χ4v) is 1.89. The van der Waals surface area contributed by atoms with Crippen molar-refractivity contribution in [1.29, 1.82) is 0 Å². The van der Waals surface area contributed by atoms with Crippen LogP contribution >= 0.6 is 0 Å². The maximum absolute atomic E-state index is 11.8. The highest BCUT2D eigenvalue weighted by atomic mass is 16.5. The van der Waals surface area contributed by atoms with Crippen molar-refractivity contribution >= 4 is 23.4 Å². The van der Waals surface area contributed by atoms with Gasteiger partial charge in [-0.05, 0) is 35.9 Å². The van der Waals surface area contributed by atoms with Gasteiger partial charge in [0.05, 0.1) is 5.69 Å². The molecule has 1 amide bonds. The summed E-state index contributed by atoms with van der Waals surface area (Å²) in [6.45, 7) is 3.96. The van der Waals surface area contributed by atoms with Crippen LogP contribution in [0, 0.1) is 0 Å². The smallest absolute Gasteiger partial charge is 0.248 e. The predicted molar refractivity (Wildman–Crippen MR) is 92.3 cm³/mol. The second kappa shape index (κ2) is 7.70. The summed E-state index contributed by atoms with van der Waals surface area (Å²) < 4.78 is 5.39. The number of nitrogens with one attached hydrogen (secondary N) is 1. The zero-order valence-electron chi connectivity index (χ0n) is 12.5. The first-order valence-corrected chi connectivity index (χ1v) is 7.00. The molecule has 0 heterocycles. The Morgan fingerprint density at radius 3 is 2.83 bits per heavy atom. The second-order valence-corrected chi connectivity index (χ2v) is 4.77. The molecule has 0 bridgehead atoms. The third-order valence-electron chi connectivity index (χ3n) is 2.93. The molecule has 2 aromatic rings. The number of nitrogens with two attached hydrogens (primary N) is 1. The lowest BCUT2D eigenvalue weighted by atomic mass is 10.1. The van der Waals surface area contributed by atoms with Gasteiger partial charge < -0.3 is 20.9 Å². The monoisotopic (exact) mass is 310 g/mol. The largest absolute Gasteiger partial charge is 0.508 e. The molecule has 0 saturated heterocycles. The van der Waals surface area contributed by atoms with Crippen molar-refractivity contribution in [3.8, 4) is 11.5 Å².